The minimum Gasteiger partial charge on any atom is -0.235 e. The van der Waals surface area contributed by atoms with Gasteiger partial charge in [-0.2, -0.15) is 10.2 Å². The van der Waals surface area contributed by atoms with Gasteiger partial charge in [-0.15, -0.1) is 0 Å². The predicted molar refractivity (Wildman–Crippen MR) is 96.0 cm³/mol. The number of halogens is 2. The SMILES string of the molecule is Cc1nn(-c2ccc(F)cc2)c(Cl)c1/C=N\n1cnc2ccccc21. The van der Waals surface area contributed by atoms with Crippen molar-refractivity contribution in [1.82, 2.24) is 19.4 Å². The quantitative estimate of drug-likeness (QED) is 0.518. The van der Waals surface area contributed by atoms with Crippen molar-refractivity contribution in [3.63, 3.8) is 0 Å². The lowest BCUT2D eigenvalue weighted by atomic mass is 10.3. The smallest absolute Gasteiger partial charge is 0.142 e. The summed E-state index contributed by atoms with van der Waals surface area (Å²) in [5.41, 5.74) is 3.87. The van der Waals surface area contributed by atoms with Crippen molar-refractivity contribution in [2.45, 2.75) is 6.92 Å². The Hall–Kier alpha value is -2.99. The summed E-state index contributed by atoms with van der Waals surface area (Å²) in [5.74, 6) is -0.308. The number of para-hydroxylation sites is 2. The molecule has 2 heterocycles. The first-order valence-electron chi connectivity index (χ1n) is 7.61. The van der Waals surface area contributed by atoms with Crippen LogP contribution in [0.3, 0.4) is 0 Å². The van der Waals surface area contributed by atoms with Crippen molar-refractivity contribution in [2.24, 2.45) is 5.10 Å². The maximum atomic E-state index is 13.1. The lowest BCUT2D eigenvalue weighted by molar-refractivity contribution is 0.627. The second-order valence-corrected chi connectivity index (χ2v) is 5.86. The average molecular weight is 354 g/mol. The Morgan fingerprint density at radius 1 is 1.12 bits per heavy atom. The molecular weight excluding hydrogens is 341 g/mol. The summed E-state index contributed by atoms with van der Waals surface area (Å²) in [6, 6.07) is 13.7. The maximum absolute atomic E-state index is 13.1. The van der Waals surface area contributed by atoms with Crippen LogP contribution in [0.2, 0.25) is 5.15 Å². The summed E-state index contributed by atoms with van der Waals surface area (Å²) < 4.78 is 16.3. The number of imidazole rings is 1. The first kappa shape index (κ1) is 15.5. The van der Waals surface area contributed by atoms with Crippen LogP contribution in [0, 0.1) is 12.7 Å². The monoisotopic (exact) mass is 353 g/mol. The minimum atomic E-state index is -0.308. The Kier molecular flexibility index (Phi) is 3.82. The second-order valence-electron chi connectivity index (χ2n) is 5.50. The van der Waals surface area contributed by atoms with Crippen LogP contribution in [0.5, 0.6) is 0 Å². The Labute approximate surface area is 148 Å². The summed E-state index contributed by atoms with van der Waals surface area (Å²) in [4.78, 5) is 4.30. The Morgan fingerprint density at radius 3 is 2.68 bits per heavy atom. The molecule has 7 heteroatoms. The van der Waals surface area contributed by atoms with Crippen LogP contribution in [0.4, 0.5) is 4.39 Å². The fraction of sp³-hybridized carbons (Fsp3) is 0.0556. The van der Waals surface area contributed by atoms with Crippen molar-refractivity contribution in [3.05, 3.63) is 77.1 Å². The number of fused-ring (bicyclic) bond motifs is 1. The molecule has 0 radical (unpaired) electrons. The fourth-order valence-electron chi connectivity index (χ4n) is 2.57. The number of nitrogens with zero attached hydrogens (tertiary/aromatic N) is 5. The zero-order valence-corrected chi connectivity index (χ0v) is 14.0. The molecule has 5 nitrogen and oxygen atoms in total. The van der Waals surface area contributed by atoms with Crippen LogP contribution in [-0.4, -0.2) is 25.7 Å². The zero-order chi connectivity index (χ0) is 17.4. The van der Waals surface area contributed by atoms with E-state index in [1.807, 2.05) is 31.2 Å². The molecule has 0 aliphatic rings. The van der Waals surface area contributed by atoms with Gasteiger partial charge in [0.2, 0.25) is 0 Å². The molecule has 4 aromatic rings. The van der Waals surface area contributed by atoms with Crippen LogP contribution < -0.4 is 0 Å². The Balaban J connectivity index is 1.72. The molecule has 25 heavy (non-hydrogen) atoms. The highest BCUT2D eigenvalue weighted by atomic mass is 35.5. The summed E-state index contributed by atoms with van der Waals surface area (Å²) >= 11 is 6.45. The first-order chi connectivity index (χ1) is 12.1. The van der Waals surface area contributed by atoms with E-state index in [1.165, 1.54) is 12.1 Å². The standard InChI is InChI=1S/C18H13ClFN5/c1-12-15(10-22-24-11-21-16-4-2-3-5-17(16)24)18(19)25(23-12)14-8-6-13(20)7-9-14/h2-11H,1H3/b22-10-. The topological polar surface area (TPSA) is 48.0 Å². The number of aromatic nitrogens is 4. The summed E-state index contributed by atoms with van der Waals surface area (Å²) in [6.07, 6.45) is 3.30. The van der Waals surface area contributed by atoms with Crippen molar-refractivity contribution < 1.29 is 4.39 Å². The molecule has 0 aliphatic heterocycles. The van der Waals surface area contributed by atoms with Crippen LogP contribution in [0.15, 0.2) is 60.0 Å². The normalized spacial score (nSPS) is 11.6. The molecule has 124 valence electrons. The van der Waals surface area contributed by atoms with E-state index >= 15 is 0 Å². The van der Waals surface area contributed by atoms with E-state index in [-0.39, 0.29) is 5.82 Å². The molecular formula is C18H13ClFN5. The summed E-state index contributed by atoms with van der Waals surface area (Å²) in [7, 11) is 0. The third kappa shape index (κ3) is 2.81. The number of hydrogen-bond acceptors (Lipinski definition) is 3. The molecule has 0 atom stereocenters. The van der Waals surface area contributed by atoms with Gasteiger partial charge in [-0.05, 0) is 43.3 Å². The molecule has 0 spiro atoms. The Bertz CT molecular complexity index is 1080. The molecule has 2 aromatic heterocycles. The molecule has 2 aromatic carbocycles. The van der Waals surface area contributed by atoms with E-state index < -0.39 is 0 Å². The molecule has 0 aliphatic carbocycles. The van der Waals surface area contributed by atoms with Gasteiger partial charge in [-0.25, -0.2) is 18.7 Å². The van der Waals surface area contributed by atoms with Crippen LogP contribution in [0.1, 0.15) is 11.3 Å². The Morgan fingerprint density at radius 2 is 1.88 bits per heavy atom. The van der Waals surface area contributed by atoms with E-state index in [0.29, 0.717) is 16.4 Å². The average Bonchev–Trinajstić information content (AvgIpc) is 3.15. The lowest BCUT2D eigenvalue weighted by Crippen LogP contribution is -1.96. The number of rotatable bonds is 3. The highest BCUT2D eigenvalue weighted by molar-refractivity contribution is 6.32. The van der Waals surface area contributed by atoms with Gasteiger partial charge in [0.1, 0.15) is 17.3 Å². The van der Waals surface area contributed by atoms with E-state index in [2.05, 4.69) is 15.2 Å². The van der Waals surface area contributed by atoms with Crippen molar-refractivity contribution in [3.8, 4) is 5.69 Å². The van der Waals surface area contributed by atoms with Gasteiger partial charge < -0.3 is 0 Å². The third-order valence-corrected chi connectivity index (χ3v) is 4.23. The van der Waals surface area contributed by atoms with Gasteiger partial charge in [0.05, 0.1) is 34.2 Å². The van der Waals surface area contributed by atoms with E-state index in [0.717, 1.165) is 16.7 Å². The molecule has 0 amide bonds. The van der Waals surface area contributed by atoms with E-state index in [9.17, 15) is 4.39 Å². The maximum Gasteiger partial charge on any atom is 0.142 e. The van der Waals surface area contributed by atoms with Gasteiger partial charge in [0, 0.05) is 0 Å². The summed E-state index contributed by atoms with van der Waals surface area (Å²) in [5, 5.41) is 9.27. The molecule has 0 saturated carbocycles. The van der Waals surface area contributed by atoms with Gasteiger partial charge in [-0.1, -0.05) is 23.7 Å². The van der Waals surface area contributed by atoms with Crippen LogP contribution in [-0.2, 0) is 0 Å². The molecule has 0 unspecified atom stereocenters. The largest absolute Gasteiger partial charge is 0.235 e. The van der Waals surface area contributed by atoms with Crippen molar-refractivity contribution >= 4 is 28.8 Å². The number of benzene rings is 2. The highest BCUT2D eigenvalue weighted by Crippen LogP contribution is 2.22. The van der Waals surface area contributed by atoms with Gasteiger partial charge in [0.25, 0.3) is 0 Å². The molecule has 0 bridgehead atoms. The van der Waals surface area contributed by atoms with E-state index in [4.69, 9.17) is 11.6 Å². The first-order valence-corrected chi connectivity index (χ1v) is 7.99. The van der Waals surface area contributed by atoms with E-state index in [1.54, 1.807) is 34.0 Å². The number of aryl methyl sites for hydroxylation is 1. The molecule has 0 N–H and O–H groups in total. The third-order valence-electron chi connectivity index (χ3n) is 3.87. The fourth-order valence-corrected chi connectivity index (χ4v) is 2.89. The van der Waals surface area contributed by atoms with Gasteiger partial charge in [-0.3, -0.25) is 0 Å². The van der Waals surface area contributed by atoms with Crippen molar-refractivity contribution in [1.29, 1.82) is 0 Å². The lowest BCUT2D eigenvalue weighted by Gasteiger charge is -2.02. The van der Waals surface area contributed by atoms with Crippen LogP contribution in [0.25, 0.3) is 16.7 Å². The van der Waals surface area contributed by atoms with Gasteiger partial charge >= 0.3 is 0 Å². The van der Waals surface area contributed by atoms with Gasteiger partial charge in [0.15, 0.2) is 0 Å². The van der Waals surface area contributed by atoms with Crippen molar-refractivity contribution in [2.75, 3.05) is 0 Å². The molecule has 0 saturated heterocycles. The highest BCUT2D eigenvalue weighted by Gasteiger charge is 2.13. The number of hydrogen-bond donors (Lipinski definition) is 0. The summed E-state index contributed by atoms with van der Waals surface area (Å²) in [6.45, 7) is 1.85. The predicted octanol–water partition coefficient (Wildman–Crippen LogP) is 4.21. The second kappa shape index (κ2) is 6.14. The van der Waals surface area contributed by atoms with Crippen LogP contribution >= 0.6 is 11.6 Å². The minimum absolute atomic E-state index is 0.308. The molecule has 0 fully saturated rings. The zero-order valence-electron chi connectivity index (χ0n) is 13.3. The molecule has 4 rings (SSSR count).